The van der Waals surface area contributed by atoms with Gasteiger partial charge in [-0.05, 0) is 50.3 Å². The molecule has 1 saturated carbocycles. The van der Waals surface area contributed by atoms with E-state index in [0.717, 1.165) is 29.9 Å². The van der Waals surface area contributed by atoms with Gasteiger partial charge in [0.05, 0.1) is 12.1 Å². The molecule has 2 amide bonds. The summed E-state index contributed by atoms with van der Waals surface area (Å²) in [6.45, 7) is 4.20. The van der Waals surface area contributed by atoms with Gasteiger partial charge < -0.3 is 20.3 Å². The van der Waals surface area contributed by atoms with Crippen LogP contribution in [0.4, 0.5) is 4.79 Å². The molecule has 2 aromatic rings. The Morgan fingerprint density at radius 1 is 1.38 bits per heavy atom. The molecule has 6 nitrogen and oxygen atoms in total. The predicted molar refractivity (Wildman–Crippen MR) is 92.0 cm³/mol. The lowest BCUT2D eigenvalue weighted by Crippen LogP contribution is -2.41. The van der Waals surface area contributed by atoms with Crippen molar-refractivity contribution in [2.24, 2.45) is 5.92 Å². The molecule has 3 N–H and O–H groups in total. The number of carbonyl (C=O) groups is 1. The second-order valence-electron chi connectivity index (χ2n) is 6.42. The minimum Gasteiger partial charge on any atom is -0.391 e. The number of hydrogen-bond donors (Lipinski definition) is 3. The molecule has 1 aromatic heterocycles. The molecule has 1 fully saturated rings. The van der Waals surface area contributed by atoms with Gasteiger partial charge in [0.1, 0.15) is 5.82 Å². The molecule has 0 radical (unpaired) electrons. The molecule has 1 aliphatic rings. The van der Waals surface area contributed by atoms with Crippen LogP contribution in [0.15, 0.2) is 36.7 Å². The van der Waals surface area contributed by atoms with Gasteiger partial charge in [-0.15, -0.1) is 0 Å². The predicted octanol–water partition coefficient (Wildman–Crippen LogP) is 2.31. The topological polar surface area (TPSA) is 79.2 Å². The number of aliphatic hydroxyl groups excluding tert-OH is 1. The van der Waals surface area contributed by atoms with Crippen LogP contribution in [-0.2, 0) is 0 Å². The van der Waals surface area contributed by atoms with E-state index in [1.54, 1.807) is 6.20 Å². The maximum Gasteiger partial charge on any atom is 0.315 e. The van der Waals surface area contributed by atoms with E-state index in [2.05, 4.69) is 15.6 Å². The molecule has 0 bridgehead atoms. The fourth-order valence-electron chi connectivity index (χ4n) is 2.75. The highest BCUT2D eigenvalue weighted by molar-refractivity contribution is 5.74. The zero-order valence-corrected chi connectivity index (χ0v) is 14.1. The number of amides is 2. The number of nitrogens with zero attached hydrogens (tertiary/aromatic N) is 2. The number of aryl methyl sites for hydroxylation is 1. The van der Waals surface area contributed by atoms with E-state index in [0.29, 0.717) is 12.5 Å². The first-order chi connectivity index (χ1) is 11.5. The zero-order chi connectivity index (χ0) is 17.1. The normalized spacial score (nSPS) is 16.5. The Morgan fingerprint density at radius 3 is 2.67 bits per heavy atom. The van der Waals surface area contributed by atoms with Crippen LogP contribution in [0.1, 0.15) is 37.2 Å². The van der Waals surface area contributed by atoms with Crippen molar-refractivity contribution in [1.82, 2.24) is 20.2 Å². The van der Waals surface area contributed by atoms with Crippen molar-refractivity contribution < 1.29 is 9.90 Å². The first-order valence-corrected chi connectivity index (χ1v) is 8.37. The van der Waals surface area contributed by atoms with Crippen LogP contribution in [0.2, 0.25) is 0 Å². The van der Waals surface area contributed by atoms with Gasteiger partial charge in [-0.1, -0.05) is 12.1 Å². The molecule has 6 heteroatoms. The van der Waals surface area contributed by atoms with Crippen LogP contribution in [-0.4, -0.2) is 33.3 Å². The number of aliphatic hydroxyl groups is 1. The summed E-state index contributed by atoms with van der Waals surface area (Å²) >= 11 is 0. The van der Waals surface area contributed by atoms with Crippen molar-refractivity contribution in [1.29, 1.82) is 0 Å². The molecule has 0 unspecified atom stereocenters. The molecule has 128 valence electrons. The van der Waals surface area contributed by atoms with Gasteiger partial charge in [0.15, 0.2) is 0 Å². The van der Waals surface area contributed by atoms with Gasteiger partial charge in [0.25, 0.3) is 0 Å². The number of carbonyl (C=O) groups excluding carboxylic acids is 1. The van der Waals surface area contributed by atoms with Crippen LogP contribution in [0, 0.1) is 12.8 Å². The van der Waals surface area contributed by atoms with Gasteiger partial charge in [-0.25, -0.2) is 9.78 Å². The molecule has 3 rings (SSSR count). The average molecular weight is 328 g/mol. The lowest BCUT2D eigenvalue weighted by Gasteiger charge is -2.17. The third-order valence-electron chi connectivity index (χ3n) is 4.48. The monoisotopic (exact) mass is 328 g/mol. The van der Waals surface area contributed by atoms with Crippen molar-refractivity contribution in [3.63, 3.8) is 0 Å². The van der Waals surface area contributed by atoms with Crippen molar-refractivity contribution >= 4 is 6.03 Å². The molecule has 1 heterocycles. The van der Waals surface area contributed by atoms with E-state index >= 15 is 0 Å². The summed E-state index contributed by atoms with van der Waals surface area (Å²) in [4.78, 5) is 16.1. The number of rotatable bonds is 6. The second kappa shape index (κ2) is 7.05. The van der Waals surface area contributed by atoms with E-state index in [-0.39, 0.29) is 12.1 Å². The molecule has 0 spiro atoms. The molecule has 0 aliphatic heterocycles. The lowest BCUT2D eigenvalue weighted by atomic mass is 10.1. The summed E-state index contributed by atoms with van der Waals surface area (Å²) in [7, 11) is 0. The summed E-state index contributed by atoms with van der Waals surface area (Å²) in [6, 6.07) is 7.66. The summed E-state index contributed by atoms with van der Waals surface area (Å²) in [5.41, 5.74) is 2.06. The first-order valence-electron chi connectivity index (χ1n) is 8.37. The van der Waals surface area contributed by atoms with Crippen molar-refractivity contribution in [3.8, 4) is 5.69 Å². The molecule has 1 aliphatic carbocycles. The highest BCUT2D eigenvalue weighted by atomic mass is 16.3. The zero-order valence-electron chi connectivity index (χ0n) is 14.1. The Labute approximate surface area is 141 Å². The van der Waals surface area contributed by atoms with Crippen LogP contribution in [0.5, 0.6) is 0 Å². The van der Waals surface area contributed by atoms with E-state index in [4.69, 9.17) is 0 Å². The molecule has 24 heavy (non-hydrogen) atoms. The third kappa shape index (κ3) is 3.94. The Kier molecular flexibility index (Phi) is 4.85. The molecular formula is C18H24N4O2. The maximum atomic E-state index is 11.9. The van der Waals surface area contributed by atoms with Crippen molar-refractivity contribution in [2.75, 3.05) is 6.54 Å². The lowest BCUT2D eigenvalue weighted by molar-refractivity contribution is 0.149. The number of hydrogen-bond acceptors (Lipinski definition) is 3. The fraction of sp³-hybridized carbons (Fsp3) is 0.444. The SMILES string of the molecule is Cc1nccn1-c1ccc([C@H](C)NC(=O)NC[C@@H](O)C2CC2)cc1. The van der Waals surface area contributed by atoms with Crippen molar-refractivity contribution in [2.45, 2.75) is 38.8 Å². The summed E-state index contributed by atoms with van der Waals surface area (Å²) < 4.78 is 2.01. The first kappa shape index (κ1) is 16.5. The minimum atomic E-state index is -0.427. The summed E-state index contributed by atoms with van der Waals surface area (Å²) in [5.74, 6) is 1.30. The standard InChI is InChI=1S/C18H24N4O2/c1-12(21-18(24)20-11-17(23)15-3-4-15)14-5-7-16(8-6-14)22-10-9-19-13(22)2/h5-10,12,15,17,23H,3-4,11H2,1-2H3,(H2,20,21,24)/t12-,17+/m0/s1. The Bertz CT molecular complexity index is 691. The highest BCUT2D eigenvalue weighted by Gasteiger charge is 2.29. The number of benzene rings is 1. The van der Waals surface area contributed by atoms with Gasteiger partial charge in [0, 0.05) is 24.6 Å². The van der Waals surface area contributed by atoms with Crippen molar-refractivity contribution in [3.05, 3.63) is 48.0 Å². The highest BCUT2D eigenvalue weighted by Crippen LogP contribution is 2.32. The van der Waals surface area contributed by atoms with Gasteiger partial charge in [-0.2, -0.15) is 0 Å². The number of aromatic nitrogens is 2. The third-order valence-corrected chi connectivity index (χ3v) is 4.48. The Morgan fingerprint density at radius 2 is 2.08 bits per heavy atom. The molecular weight excluding hydrogens is 304 g/mol. The summed E-state index contributed by atoms with van der Waals surface area (Å²) in [5, 5.41) is 15.4. The Balaban J connectivity index is 1.53. The molecule has 1 aromatic carbocycles. The van der Waals surface area contributed by atoms with Crippen LogP contribution >= 0.6 is 0 Å². The number of nitrogens with one attached hydrogen (secondary N) is 2. The van der Waals surface area contributed by atoms with E-state index in [9.17, 15) is 9.90 Å². The second-order valence-corrected chi connectivity index (χ2v) is 6.42. The van der Waals surface area contributed by atoms with Crippen LogP contribution in [0.3, 0.4) is 0 Å². The number of urea groups is 1. The fourth-order valence-corrected chi connectivity index (χ4v) is 2.75. The Hall–Kier alpha value is -2.34. The number of imidazole rings is 1. The van der Waals surface area contributed by atoms with E-state index < -0.39 is 6.10 Å². The van der Waals surface area contributed by atoms with E-state index in [1.807, 2.05) is 48.9 Å². The van der Waals surface area contributed by atoms with E-state index in [1.165, 1.54) is 0 Å². The van der Waals surface area contributed by atoms with Gasteiger partial charge >= 0.3 is 6.03 Å². The molecule has 2 atom stereocenters. The minimum absolute atomic E-state index is 0.110. The van der Waals surface area contributed by atoms with Crippen LogP contribution < -0.4 is 10.6 Å². The largest absolute Gasteiger partial charge is 0.391 e. The summed E-state index contributed by atoms with van der Waals surface area (Å²) in [6.07, 6.45) is 5.38. The van der Waals surface area contributed by atoms with Gasteiger partial charge in [0.2, 0.25) is 0 Å². The maximum absolute atomic E-state index is 11.9. The van der Waals surface area contributed by atoms with Gasteiger partial charge in [-0.3, -0.25) is 0 Å². The van der Waals surface area contributed by atoms with Crippen LogP contribution in [0.25, 0.3) is 5.69 Å². The quantitative estimate of drug-likeness (QED) is 0.761. The smallest absolute Gasteiger partial charge is 0.315 e. The average Bonchev–Trinajstić information content (AvgIpc) is 3.34. The molecule has 0 saturated heterocycles.